The van der Waals surface area contributed by atoms with Gasteiger partial charge in [-0.15, -0.1) is 0 Å². The van der Waals surface area contributed by atoms with Crippen LogP contribution in [0.25, 0.3) is 11.0 Å². The number of nitrogens with zero attached hydrogens (tertiary/aromatic N) is 3. The van der Waals surface area contributed by atoms with Crippen molar-refractivity contribution in [1.29, 1.82) is 0 Å². The van der Waals surface area contributed by atoms with Crippen LogP contribution in [0.15, 0.2) is 46.1 Å². The minimum atomic E-state index is -3.80. The van der Waals surface area contributed by atoms with Gasteiger partial charge in [-0.05, 0) is 35.7 Å². The molecule has 3 aromatic rings. The molecule has 0 aliphatic carbocycles. The maximum absolute atomic E-state index is 13.2. The van der Waals surface area contributed by atoms with Gasteiger partial charge in [-0.2, -0.15) is 0 Å². The van der Waals surface area contributed by atoms with Gasteiger partial charge in [0.1, 0.15) is 0 Å². The lowest BCUT2D eigenvalue weighted by molar-refractivity contribution is 0.123. The highest BCUT2D eigenvalue weighted by molar-refractivity contribution is 7.92. The van der Waals surface area contributed by atoms with Gasteiger partial charge in [0.15, 0.2) is 0 Å². The van der Waals surface area contributed by atoms with E-state index in [2.05, 4.69) is 23.5 Å². The van der Waals surface area contributed by atoms with Gasteiger partial charge in [0.25, 0.3) is 10.0 Å². The number of anilines is 2. The van der Waals surface area contributed by atoms with E-state index in [-0.39, 0.29) is 10.6 Å². The average molecular weight is 445 g/mol. The zero-order valence-corrected chi connectivity index (χ0v) is 19.1. The van der Waals surface area contributed by atoms with Crippen molar-refractivity contribution in [2.75, 3.05) is 35.9 Å². The van der Waals surface area contributed by atoms with Gasteiger partial charge in [-0.25, -0.2) is 13.2 Å². The predicted molar refractivity (Wildman–Crippen MR) is 123 cm³/mol. The smallest absolute Gasteiger partial charge is 0.328 e. The molecule has 31 heavy (non-hydrogen) atoms. The summed E-state index contributed by atoms with van der Waals surface area (Å²) in [6.07, 6.45) is 0. The van der Waals surface area contributed by atoms with E-state index in [4.69, 9.17) is 4.74 Å². The lowest BCUT2D eigenvalue weighted by atomic mass is 10.0. The van der Waals surface area contributed by atoms with E-state index >= 15 is 0 Å². The molecule has 0 unspecified atom stereocenters. The van der Waals surface area contributed by atoms with Crippen molar-refractivity contribution in [3.05, 3.63) is 52.4 Å². The zero-order valence-electron chi connectivity index (χ0n) is 18.3. The summed E-state index contributed by atoms with van der Waals surface area (Å²) in [7, 11) is -0.405. The van der Waals surface area contributed by atoms with E-state index in [1.54, 1.807) is 36.9 Å². The zero-order chi connectivity index (χ0) is 22.3. The summed E-state index contributed by atoms with van der Waals surface area (Å²) in [5.41, 5.74) is 3.51. The van der Waals surface area contributed by atoms with E-state index in [1.807, 2.05) is 18.2 Å². The maximum atomic E-state index is 13.2. The molecule has 1 aliphatic heterocycles. The molecule has 0 radical (unpaired) electrons. The minimum absolute atomic E-state index is 0.160. The molecule has 8 nitrogen and oxygen atoms in total. The van der Waals surface area contributed by atoms with Crippen LogP contribution >= 0.6 is 0 Å². The van der Waals surface area contributed by atoms with Gasteiger partial charge in [0, 0.05) is 27.2 Å². The summed E-state index contributed by atoms with van der Waals surface area (Å²) in [4.78, 5) is 14.7. The second-order valence-corrected chi connectivity index (χ2v) is 9.87. The van der Waals surface area contributed by atoms with Crippen LogP contribution in [-0.4, -0.2) is 43.9 Å². The molecule has 9 heteroatoms. The third kappa shape index (κ3) is 3.95. The molecular weight excluding hydrogens is 416 g/mol. The van der Waals surface area contributed by atoms with E-state index < -0.39 is 10.0 Å². The fraction of sp³-hybridized carbons (Fsp3) is 0.409. The molecule has 1 aliphatic rings. The van der Waals surface area contributed by atoms with Crippen LogP contribution < -0.4 is 15.3 Å². The Labute approximate surface area is 182 Å². The summed E-state index contributed by atoms with van der Waals surface area (Å²) in [5, 5.41) is 0. The lowest BCUT2D eigenvalue weighted by Gasteiger charge is -2.30. The molecular formula is C22H28N4O4S. The first-order chi connectivity index (χ1) is 14.7. The van der Waals surface area contributed by atoms with Gasteiger partial charge < -0.3 is 9.64 Å². The third-order valence-electron chi connectivity index (χ3n) is 5.84. The fourth-order valence-corrected chi connectivity index (χ4v) is 4.98. The summed E-state index contributed by atoms with van der Waals surface area (Å²) >= 11 is 0. The number of nitrogens with one attached hydrogen (secondary N) is 1. The molecule has 0 spiro atoms. The van der Waals surface area contributed by atoms with Crippen molar-refractivity contribution < 1.29 is 13.2 Å². The highest BCUT2D eigenvalue weighted by Crippen LogP contribution is 2.33. The number of sulfonamides is 1. The monoisotopic (exact) mass is 444 g/mol. The Hall–Kier alpha value is -2.78. The SMILES string of the molecule is CC(C)c1ccc(S(=O)(=O)Nc2cc3c(cc2N2CCOCC2)n(C)c(=O)n3C)cc1. The van der Waals surface area contributed by atoms with Crippen molar-refractivity contribution in [1.82, 2.24) is 9.13 Å². The standard InChI is InChI=1S/C22H28N4O4S/c1-15(2)16-5-7-17(8-6-16)31(28,29)23-18-13-20-21(25(4)22(27)24(20)3)14-19(18)26-9-11-30-12-10-26/h5-8,13-15,23H,9-12H2,1-4H3. The Kier molecular flexibility index (Phi) is 5.57. The number of hydrogen-bond acceptors (Lipinski definition) is 5. The molecule has 1 aromatic heterocycles. The van der Waals surface area contributed by atoms with Crippen molar-refractivity contribution in [3.63, 3.8) is 0 Å². The molecule has 0 amide bonds. The number of aryl methyl sites for hydroxylation is 2. The van der Waals surface area contributed by atoms with E-state index in [0.717, 1.165) is 16.8 Å². The van der Waals surface area contributed by atoms with Gasteiger partial charge in [0.2, 0.25) is 0 Å². The lowest BCUT2D eigenvalue weighted by Crippen LogP contribution is -2.36. The van der Waals surface area contributed by atoms with Crippen LogP contribution in [0.4, 0.5) is 11.4 Å². The Morgan fingerprint density at radius 3 is 2.13 bits per heavy atom. The number of ether oxygens (including phenoxy) is 1. The van der Waals surface area contributed by atoms with Gasteiger partial charge >= 0.3 is 5.69 Å². The quantitative estimate of drug-likeness (QED) is 0.654. The number of hydrogen-bond donors (Lipinski definition) is 1. The Morgan fingerprint density at radius 2 is 1.55 bits per heavy atom. The van der Waals surface area contributed by atoms with Crippen molar-refractivity contribution in [2.24, 2.45) is 14.1 Å². The van der Waals surface area contributed by atoms with Crippen molar-refractivity contribution >= 4 is 32.4 Å². The van der Waals surface area contributed by atoms with Crippen molar-refractivity contribution in [3.8, 4) is 0 Å². The molecule has 2 heterocycles. The molecule has 1 N–H and O–H groups in total. The normalized spacial score (nSPS) is 15.1. The number of imidazole rings is 1. The Balaban J connectivity index is 1.81. The minimum Gasteiger partial charge on any atom is -0.378 e. The average Bonchev–Trinajstić information content (AvgIpc) is 2.97. The van der Waals surface area contributed by atoms with Crippen LogP contribution in [0.3, 0.4) is 0 Å². The van der Waals surface area contributed by atoms with Gasteiger partial charge in [-0.3, -0.25) is 13.9 Å². The maximum Gasteiger partial charge on any atom is 0.328 e. The summed E-state index contributed by atoms with van der Waals surface area (Å²) in [6.45, 7) is 6.54. The first kappa shape index (κ1) is 21.5. The molecule has 0 bridgehead atoms. The predicted octanol–water partition coefficient (Wildman–Crippen LogP) is 2.64. The molecule has 4 rings (SSSR count). The van der Waals surface area contributed by atoms with E-state index in [1.165, 1.54) is 4.57 Å². The van der Waals surface area contributed by atoms with Gasteiger partial charge in [-0.1, -0.05) is 26.0 Å². The molecule has 1 saturated heterocycles. The summed E-state index contributed by atoms with van der Waals surface area (Å²) in [5.74, 6) is 0.319. The second kappa shape index (κ2) is 8.05. The summed E-state index contributed by atoms with van der Waals surface area (Å²) in [6, 6.07) is 10.5. The number of aromatic nitrogens is 2. The number of morpholine rings is 1. The van der Waals surface area contributed by atoms with Crippen molar-refractivity contribution in [2.45, 2.75) is 24.7 Å². The molecule has 0 atom stereocenters. The van der Waals surface area contributed by atoms with E-state index in [9.17, 15) is 13.2 Å². The number of fused-ring (bicyclic) bond motifs is 1. The molecule has 1 fully saturated rings. The fourth-order valence-electron chi connectivity index (χ4n) is 3.92. The van der Waals surface area contributed by atoms with Crippen LogP contribution in [0.5, 0.6) is 0 Å². The highest BCUT2D eigenvalue weighted by Gasteiger charge is 2.23. The van der Waals surface area contributed by atoms with Crippen LogP contribution in [0.2, 0.25) is 0 Å². The van der Waals surface area contributed by atoms with Crippen LogP contribution in [0, 0.1) is 0 Å². The second-order valence-electron chi connectivity index (χ2n) is 8.19. The van der Waals surface area contributed by atoms with Gasteiger partial charge in [0.05, 0.1) is 40.5 Å². The van der Waals surface area contributed by atoms with E-state index in [0.29, 0.717) is 43.4 Å². The Bertz CT molecular complexity index is 1270. The van der Waals surface area contributed by atoms with Crippen LogP contribution in [0.1, 0.15) is 25.3 Å². The molecule has 2 aromatic carbocycles. The molecule has 0 saturated carbocycles. The van der Waals surface area contributed by atoms with Crippen LogP contribution in [-0.2, 0) is 28.9 Å². The molecule has 166 valence electrons. The first-order valence-corrected chi connectivity index (χ1v) is 11.8. The number of rotatable bonds is 5. The topological polar surface area (TPSA) is 85.6 Å². The number of benzene rings is 2. The summed E-state index contributed by atoms with van der Waals surface area (Å²) < 4.78 is 37.7. The highest BCUT2D eigenvalue weighted by atomic mass is 32.2. The Morgan fingerprint density at radius 1 is 0.968 bits per heavy atom. The largest absolute Gasteiger partial charge is 0.378 e. The third-order valence-corrected chi connectivity index (χ3v) is 7.22. The first-order valence-electron chi connectivity index (χ1n) is 10.3.